The molecule has 1 rings (SSSR count). The van der Waals surface area contributed by atoms with E-state index in [0.717, 1.165) is 6.29 Å². The Kier molecular flexibility index (Phi) is 3.95. The van der Waals surface area contributed by atoms with Crippen molar-refractivity contribution in [2.45, 2.75) is 18.3 Å². The van der Waals surface area contributed by atoms with Crippen LogP contribution in [0, 0.1) is 0 Å². The number of alkyl halides is 1. The number of aldehydes is 1. The zero-order chi connectivity index (χ0) is 9.68. The van der Waals surface area contributed by atoms with Crippen LogP contribution in [0.3, 0.4) is 0 Å². The molecule has 1 aromatic heterocycles. The van der Waals surface area contributed by atoms with Crippen LogP contribution in [-0.4, -0.2) is 27.5 Å². The summed E-state index contributed by atoms with van der Waals surface area (Å²) in [5, 5.41) is 4.01. The molecule has 13 heavy (non-hydrogen) atoms. The van der Waals surface area contributed by atoms with Crippen molar-refractivity contribution < 1.29 is 9.53 Å². The summed E-state index contributed by atoms with van der Waals surface area (Å²) in [6.45, 7) is 2.83. The van der Waals surface area contributed by atoms with Crippen LogP contribution in [0.5, 0.6) is 5.88 Å². The van der Waals surface area contributed by atoms with Gasteiger partial charge in [0.15, 0.2) is 0 Å². The molecule has 0 unspecified atom stereocenters. The van der Waals surface area contributed by atoms with E-state index in [9.17, 15) is 4.79 Å². The van der Waals surface area contributed by atoms with E-state index in [4.69, 9.17) is 4.74 Å². The Morgan fingerprint density at radius 2 is 2.62 bits per heavy atom. The molecule has 1 aromatic rings. The topological polar surface area (TPSA) is 44.1 Å². The van der Waals surface area contributed by atoms with Gasteiger partial charge in [0.1, 0.15) is 12.9 Å². The Balaban J connectivity index is 2.44. The Morgan fingerprint density at radius 3 is 3.23 bits per heavy atom. The van der Waals surface area contributed by atoms with Crippen LogP contribution in [-0.2, 0) is 11.3 Å². The molecule has 1 heterocycles. The molecule has 0 N–H and O–H groups in total. The molecule has 1 atom stereocenters. The van der Waals surface area contributed by atoms with E-state index in [1.165, 1.54) is 4.68 Å². The molecule has 0 spiro atoms. The molecule has 0 aliphatic rings. The fraction of sp³-hybridized carbons (Fsp3) is 0.500. The first-order valence-corrected chi connectivity index (χ1v) is 4.88. The molecule has 0 radical (unpaired) electrons. The maximum Gasteiger partial charge on any atom is 0.232 e. The number of aromatic nitrogens is 2. The number of hydrogen-bond donors (Lipinski definition) is 0. The lowest BCUT2D eigenvalue weighted by Crippen LogP contribution is -2.07. The van der Waals surface area contributed by atoms with Gasteiger partial charge in [0.05, 0.1) is 6.54 Å². The Hall–Kier alpha value is -0.840. The van der Waals surface area contributed by atoms with E-state index < -0.39 is 0 Å². The zero-order valence-electron chi connectivity index (χ0n) is 7.31. The molecule has 0 aliphatic carbocycles. The lowest BCUT2D eigenvalue weighted by Gasteiger charge is -2.03. The highest BCUT2D eigenvalue weighted by atomic mass is 79.9. The third-order valence-corrected chi connectivity index (χ3v) is 1.60. The molecule has 72 valence electrons. The van der Waals surface area contributed by atoms with Crippen molar-refractivity contribution in [1.29, 1.82) is 0 Å². The fourth-order valence-corrected chi connectivity index (χ4v) is 0.930. The van der Waals surface area contributed by atoms with Crippen LogP contribution in [0.15, 0.2) is 12.3 Å². The molecular weight excluding hydrogens is 236 g/mol. The summed E-state index contributed by atoms with van der Waals surface area (Å²) < 4.78 is 6.83. The van der Waals surface area contributed by atoms with Gasteiger partial charge in [0.25, 0.3) is 0 Å². The number of hydrogen-bond acceptors (Lipinski definition) is 3. The summed E-state index contributed by atoms with van der Waals surface area (Å²) >= 11 is 3.35. The molecule has 0 fully saturated rings. The first kappa shape index (κ1) is 10.2. The molecule has 0 aliphatic heterocycles. The molecule has 0 bridgehead atoms. The first-order chi connectivity index (χ1) is 6.22. The smallest absolute Gasteiger partial charge is 0.232 e. The van der Waals surface area contributed by atoms with Gasteiger partial charge in [0, 0.05) is 17.1 Å². The summed E-state index contributed by atoms with van der Waals surface area (Å²) in [4.78, 5) is 10.4. The van der Waals surface area contributed by atoms with Gasteiger partial charge in [-0.05, 0) is 6.92 Å². The summed E-state index contributed by atoms with van der Waals surface area (Å²) in [6.07, 6.45) is 2.51. The van der Waals surface area contributed by atoms with Gasteiger partial charge in [-0.2, -0.15) is 0 Å². The van der Waals surface area contributed by atoms with Gasteiger partial charge in [-0.15, -0.1) is 5.10 Å². The summed E-state index contributed by atoms with van der Waals surface area (Å²) in [7, 11) is 0. The molecule has 0 saturated carbocycles. The minimum Gasteiger partial charge on any atom is -0.475 e. The van der Waals surface area contributed by atoms with Gasteiger partial charge in [-0.3, -0.25) is 4.68 Å². The normalized spacial score (nSPS) is 12.5. The van der Waals surface area contributed by atoms with Gasteiger partial charge in [-0.25, -0.2) is 0 Å². The van der Waals surface area contributed by atoms with Gasteiger partial charge in [-0.1, -0.05) is 15.9 Å². The number of halogens is 1. The second-order valence-electron chi connectivity index (χ2n) is 2.63. The predicted octanol–water partition coefficient (Wildman–Crippen LogP) is 1.24. The SMILES string of the molecule is C[C@@H](Br)COc1ccn(CC=O)n1. The van der Waals surface area contributed by atoms with Crippen molar-refractivity contribution in [3.63, 3.8) is 0 Å². The standard InChI is InChI=1S/C8H11BrN2O2/c1-7(9)6-13-8-2-3-11(10-8)4-5-12/h2-3,5,7H,4,6H2,1H3/t7-/m1/s1. The molecule has 0 saturated heterocycles. The Morgan fingerprint density at radius 1 is 1.85 bits per heavy atom. The lowest BCUT2D eigenvalue weighted by atomic mass is 10.5. The molecule has 0 aromatic carbocycles. The molecule has 5 heteroatoms. The van der Waals surface area contributed by atoms with Crippen molar-refractivity contribution in [3.8, 4) is 5.88 Å². The Bertz CT molecular complexity index is 273. The van der Waals surface area contributed by atoms with Crippen molar-refractivity contribution in [2.75, 3.05) is 6.61 Å². The van der Waals surface area contributed by atoms with Gasteiger partial charge < -0.3 is 9.53 Å². The van der Waals surface area contributed by atoms with E-state index in [1.54, 1.807) is 12.3 Å². The third kappa shape index (κ3) is 3.59. The number of nitrogens with zero attached hydrogens (tertiary/aromatic N) is 2. The first-order valence-electron chi connectivity index (χ1n) is 3.96. The molecule has 4 nitrogen and oxygen atoms in total. The number of carbonyl (C=O) groups is 1. The highest BCUT2D eigenvalue weighted by molar-refractivity contribution is 9.09. The minimum absolute atomic E-state index is 0.271. The van der Waals surface area contributed by atoms with Gasteiger partial charge in [0.2, 0.25) is 5.88 Å². The Labute approximate surface area is 85.0 Å². The summed E-state index contributed by atoms with van der Waals surface area (Å²) in [6, 6.07) is 1.74. The number of rotatable bonds is 5. The maximum atomic E-state index is 10.1. The van der Waals surface area contributed by atoms with E-state index >= 15 is 0 Å². The predicted molar refractivity (Wildman–Crippen MR) is 52.2 cm³/mol. The second kappa shape index (κ2) is 5.01. The van der Waals surface area contributed by atoms with Crippen molar-refractivity contribution in [3.05, 3.63) is 12.3 Å². The molecule has 0 amide bonds. The minimum atomic E-state index is 0.271. The van der Waals surface area contributed by atoms with E-state index in [0.29, 0.717) is 17.3 Å². The van der Waals surface area contributed by atoms with E-state index in [2.05, 4.69) is 21.0 Å². The maximum absolute atomic E-state index is 10.1. The van der Waals surface area contributed by atoms with Crippen LogP contribution in [0.4, 0.5) is 0 Å². The van der Waals surface area contributed by atoms with Crippen LogP contribution in [0.1, 0.15) is 6.92 Å². The van der Waals surface area contributed by atoms with Crippen LogP contribution < -0.4 is 4.74 Å². The quantitative estimate of drug-likeness (QED) is 0.580. The monoisotopic (exact) mass is 246 g/mol. The van der Waals surface area contributed by atoms with Crippen LogP contribution in [0.2, 0.25) is 0 Å². The number of carbonyl (C=O) groups excluding carboxylic acids is 1. The van der Waals surface area contributed by atoms with Crippen molar-refractivity contribution in [1.82, 2.24) is 9.78 Å². The highest BCUT2D eigenvalue weighted by Gasteiger charge is 2.01. The lowest BCUT2D eigenvalue weighted by molar-refractivity contribution is -0.108. The van der Waals surface area contributed by atoms with E-state index in [-0.39, 0.29) is 6.54 Å². The fourth-order valence-electron chi connectivity index (χ4n) is 0.798. The molecular formula is C8H11BrN2O2. The summed E-state index contributed by atoms with van der Waals surface area (Å²) in [5.74, 6) is 0.549. The van der Waals surface area contributed by atoms with Crippen LogP contribution >= 0.6 is 15.9 Å². The summed E-state index contributed by atoms with van der Waals surface area (Å²) in [5.41, 5.74) is 0. The van der Waals surface area contributed by atoms with Gasteiger partial charge >= 0.3 is 0 Å². The second-order valence-corrected chi connectivity index (χ2v) is 4.20. The highest BCUT2D eigenvalue weighted by Crippen LogP contribution is 2.07. The third-order valence-electron chi connectivity index (χ3n) is 1.34. The zero-order valence-corrected chi connectivity index (χ0v) is 8.90. The van der Waals surface area contributed by atoms with E-state index in [1.807, 2.05) is 6.92 Å². The number of ether oxygens (including phenoxy) is 1. The van der Waals surface area contributed by atoms with Crippen molar-refractivity contribution >= 4 is 22.2 Å². The average molecular weight is 247 g/mol. The van der Waals surface area contributed by atoms with Crippen molar-refractivity contribution in [2.24, 2.45) is 0 Å². The largest absolute Gasteiger partial charge is 0.475 e. The van der Waals surface area contributed by atoms with Crippen LogP contribution in [0.25, 0.3) is 0 Å². The average Bonchev–Trinajstić information content (AvgIpc) is 2.50.